The van der Waals surface area contributed by atoms with Gasteiger partial charge >= 0.3 is 0 Å². The topological polar surface area (TPSA) is 121 Å². The summed E-state index contributed by atoms with van der Waals surface area (Å²) in [4.78, 5) is 0. The zero-order valence-corrected chi connectivity index (χ0v) is 16.6. The smallest absolute Gasteiger partial charge is 0.125 e. The van der Waals surface area contributed by atoms with Crippen LogP contribution in [-0.2, 0) is 12.8 Å². The van der Waals surface area contributed by atoms with Crippen molar-refractivity contribution in [1.82, 2.24) is 0 Å². The number of aliphatic hydroxyl groups excluding tert-OH is 4. The molecule has 2 rings (SSSR count). The summed E-state index contributed by atoms with van der Waals surface area (Å²) in [5.74, 6) is 0. The fourth-order valence-electron chi connectivity index (χ4n) is 3.14. The zero-order valence-electron chi connectivity index (χ0n) is 15.0. The second-order valence-corrected chi connectivity index (χ2v) is 7.83. The molecule has 0 heterocycles. The molecule has 154 valence electrons. The van der Waals surface area contributed by atoms with Crippen molar-refractivity contribution in [2.75, 3.05) is 13.2 Å². The molecule has 0 aromatic heterocycles. The molecule has 0 fully saturated rings. The molecule has 2 aromatic rings. The summed E-state index contributed by atoms with van der Waals surface area (Å²) in [6, 6.07) is 12.7. The van der Waals surface area contributed by atoms with Crippen LogP contribution in [0.1, 0.15) is 11.1 Å². The first-order chi connectivity index (χ1) is 13.1. The lowest BCUT2D eigenvalue weighted by molar-refractivity contribution is -0.223. The van der Waals surface area contributed by atoms with Crippen LogP contribution < -0.4 is 0 Å². The lowest BCUT2D eigenvalue weighted by Gasteiger charge is -2.44. The van der Waals surface area contributed by atoms with Gasteiger partial charge in [0.25, 0.3) is 0 Å². The Labute approximate surface area is 173 Å². The van der Waals surface area contributed by atoms with Gasteiger partial charge in [0.2, 0.25) is 0 Å². The Balaban J connectivity index is 2.35. The van der Waals surface area contributed by atoms with Crippen LogP contribution in [0.15, 0.2) is 48.5 Å². The van der Waals surface area contributed by atoms with Gasteiger partial charge in [-0.1, -0.05) is 47.5 Å². The minimum Gasteiger partial charge on any atom is -0.394 e. The first-order valence-corrected chi connectivity index (χ1v) is 9.41. The largest absolute Gasteiger partial charge is 0.394 e. The van der Waals surface area contributed by atoms with E-state index in [1.54, 1.807) is 48.5 Å². The van der Waals surface area contributed by atoms with Crippen LogP contribution in [0.5, 0.6) is 0 Å². The van der Waals surface area contributed by atoms with E-state index in [9.17, 15) is 30.6 Å². The standard InChI is InChI=1S/C20H24Cl2O6/c21-15-5-1-13(2-6-15)9-19(27,12-24)18(26)20(28,17(25)11-23)10-14-3-7-16(22)8-4-14/h1-8,17-18,23-28H,9-12H2/t17-,18-,19+,20-/m1/s1. The Morgan fingerprint density at radius 3 is 1.57 bits per heavy atom. The predicted molar refractivity (Wildman–Crippen MR) is 106 cm³/mol. The van der Waals surface area contributed by atoms with Gasteiger partial charge < -0.3 is 30.6 Å². The highest BCUT2D eigenvalue weighted by molar-refractivity contribution is 6.30. The van der Waals surface area contributed by atoms with Crippen molar-refractivity contribution in [2.45, 2.75) is 36.3 Å². The Bertz CT molecular complexity index is 754. The summed E-state index contributed by atoms with van der Waals surface area (Å²) in [5.41, 5.74) is -3.48. The average Bonchev–Trinajstić information content (AvgIpc) is 2.70. The van der Waals surface area contributed by atoms with Gasteiger partial charge in [-0.05, 0) is 35.4 Å². The van der Waals surface area contributed by atoms with Crippen LogP contribution in [0.4, 0.5) is 0 Å². The average molecular weight is 431 g/mol. The number of halogens is 2. The Morgan fingerprint density at radius 2 is 1.18 bits per heavy atom. The van der Waals surface area contributed by atoms with Crippen molar-refractivity contribution >= 4 is 23.2 Å². The molecule has 0 aliphatic carbocycles. The van der Waals surface area contributed by atoms with Gasteiger partial charge in [0.05, 0.1) is 13.2 Å². The van der Waals surface area contributed by atoms with Crippen LogP contribution >= 0.6 is 23.2 Å². The molecule has 0 unspecified atom stereocenters. The summed E-state index contributed by atoms with van der Waals surface area (Å²) < 4.78 is 0. The van der Waals surface area contributed by atoms with Crippen LogP contribution in [-0.4, -0.2) is 67.3 Å². The first-order valence-electron chi connectivity index (χ1n) is 8.66. The van der Waals surface area contributed by atoms with Crippen LogP contribution in [0, 0.1) is 0 Å². The van der Waals surface area contributed by atoms with Gasteiger partial charge in [-0.25, -0.2) is 0 Å². The van der Waals surface area contributed by atoms with Crippen molar-refractivity contribution in [3.05, 3.63) is 69.7 Å². The van der Waals surface area contributed by atoms with Gasteiger partial charge in [-0.3, -0.25) is 0 Å². The molecule has 0 aliphatic rings. The lowest BCUT2D eigenvalue weighted by atomic mass is 9.74. The Morgan fingerprint density at radius 1 is 0.750 bits per heavy atom. The third kappa shape index (κ3) is 5.23. The van der Waals surface area contributed by atoms with Crippen LogP contribution in [0.25, 0.3) is 0 Å². The molecular weight excluding hydrogens is 407 g/mol. The molecule has 0 aliphatic heterocycles. The number of hydrogen-bond donors (Lipinski definition) is 6. The second kappa shape index (κ2) is 9.52. The third-order valence-corrected chi connectivity index (χ3v) is 5.33. The van der Waals surface area contributed by atoms with E-state index in [-0.39, 0.29) is 12.8 Å². The van der Waals surface area contributed by atoms with E-state index in [1.165, 1.54) is 0 Å². The highest BCUT2D eigenvalue weighted by atomic mass is 35.5. The quantitative estimate of drug-likeness (QED) is 0.352. The van der Waals surface area contributed by atoms with E-state index in [0.717, 1.165) is 0 Å². The Hall–Kier alpha value is -1.22. The Kier molecular flexibility index (Phi) is 7.84. The summed E-state index contributed by atoms with van der Waals surface area (Å²) in [5, 5.41) is 63.2. The molecule has 6 nitrogen and oxygen atoms in total. The molecule has 0 amide bonds. The molecule has 28 heavy (non-hydrogen) atoms. The SMILES string of the molecule is OC[C@@H](O)[C@](O)(Cc1ccc(Cl)cc1)[C@H](O)[C@@](O)(CO)Cc1ccc(Cl)cc1. The van der Waals surface area contributed by atoms with E-state index >= 15 is 0 Å². The van der Waals surface area contributed by atoms with E-state index in [1.807, 2.05) is 0 Å². The van der Waals surface area contributed by atoms with Gasteiger partial charge in [0.15, 0.2) is 0 Å². The molecule has 2 aromatic carbocycles. The monoisotopic (exact) mass is 430 g/mol. The molecule has 0 saturated heterocycles. The molecule has 0 spiro atoms. The molecule has 0 bridgehead atoms. The van der Waals surface area contributed by atoms with Crippen molar-refractivity contribution in [2.24, 2.45) is 0 Å². The maximum Gasteiger partial charge on any atom is 0.125 e. The van der Waals surface area contributed by atoms with Crippen LogP contribution in [0.2, 0.25) is 10.0 Å². The van der Waals surface area contributed by atoms with Gasteiger partial charge in [-0.15, -0.1) is 0 Å². The summed E-state index contributed by atoms with van der Waals surface area (Å²) in [7, 11) is 0. The van der Waals surface area contributed by atoms with Gasteiger partial charge in [-0.2, -0.15) is 0 Å². The van der Waals surface area contributed by atoms with E-state index in [0.29, 0.717) is 21.2 Å². The predicted octanol–water partition coefficient (Wildman–Crippen LogP) is 0.947. The molecule has 0 saturated carbocycles. The van der Waals surface area contributed by atoms with Crippen molar-refractivity contribution in [3.63, 3.8) is 0 Å². The molecule has 4 atom stereocenters. The summed E-state index contributed by atoms with van der Waals surface area (Å²) in [6.45, 7) is -1.75. The lowest BCUT2D eigenvalue weighted by Crippen LogP contribution is -2.65. The maximum atomic E-state index is 11.1. The third-order valence-electron chi connectivity index (χ3n) is 4.83. The second-order valence-electron chi connectivity index (χ2n) is 6.96. The first kappa shape index (κ1) is 23.1. The molecule has 6 N–H and O–H groups in total. The number of hydrogen-bond acceptors (Lipinski definition) is 6. The van der Waals surface area contributed by atoms with Crippen molar-refractivity contribution in [1.29, 1.82) is 0 Å². The number of rotatable bonds is 9. The van der Waals surface area contributed by atoms with E-state index < -0.39 is 36.6 Å². The zero-order chi connectivity index (χ0) is 20.9. The fourth-order valence-corrected chi connectivity index (χ4v) is 3.40. The molecule has 8 heteroatoms. The van der Waals surface area contributed by atoms with Gasteiger partial charge in [0, 0.05) is 22.9 Å². The minimum atomic E-state index is -2.34. The minimum absolute atomic E-state index is 0.219. The molecule has 0 radical (unpaired) electrons. The van der Waals surface area contributed by atoms with E-state index in [2.05, 4.69) is 0 Å². The van der Waals surface area contributed by atoms with E-state index in [4.69, 9.17) is 23.2 Å². The summed E-state index contributed by atoms with van der Waals surface area (Å²) in [6.07, 6.45) is -4.28. The highest BCUT2D eigenvalue weighted by Gasteiger charge is 2.52. The maximum absolute atomic E-state index is 11.1. The van der Waals surface area contributed by atoms with Crippen LogP contribution in [0.3, 0.4) is 0 Å². The molecular formula is C20H24Cl2O6. The normalized spacial score (nSPS) is 18.1. The van der Waals surface area contributed by atoms with Crippen molar-refractivity contribution < 1.29 is 30.6 Å². The van der Waals surface area contributed by atoms with Gasteiger partial charge in [0.1, 0.15) is 23.4 Å². The number of benzene rings is 2. The summed E-state index contributed by atoms with van der Waals surface area (Å²) >= 11 is 11.7. The number of aliphatic hydroxyl groups is 6. The fraction of sp³-hybridized carbons (Fsp3) is 0.400. The highest BCUT2D eigenvalue weighted by Crippen LogP contribution is 2.31. The van der Waals surface area contributed by atoms with Crippen molar-refractivity contribution in [3.8, 4) is 0 Å².